The first kappa shape index (κ1) is 17.0. The maximum atomic E-state index is 12.7. The number of ketones is 1. The molecule has 130 valence electrons. The van der Waals surface area contributed by atoms with Crippen molar-refractivity contribution in [2.45, 2.75) is 25.8 Å². The van der Waals surface area contributed by atoms with Gasteiger partial charge >= 0.3 is 6.03 Å². The van der Waals surface area contributed by atoms with Crippen molar-refractivity contribution in [3.05, 3.63) is 59.7 Å². The minimum Gasteiger partial charge on any atom is -0.497 e. The molecule has 2 aromatic rings. The molecule has 2 amide bonds. The van der Waals surface area contributed by atoms with E-state index in [4.69, 9.17) is 4.74 Å². The molecular weight excluding hydrogens is 316 g/mol. The van der Waals surface area contributed by atoms with Crippen molar-refractivity contribution < 1.29 is 14.3 Å². The van der Waals surface area contributed by atoms with Gasteiger partial charge in [0.15, 0.2) is 5.78 Å². The second kappa shape index (κ2) is 7.38. The molecule has 25 heavy (non-hydrogen) atoms. The minimum atomic E-state index is -0.117. The van der Waals surface area contributed by atoms with Gasteiger partial charge < -0.3 is 15.0 Å². The van der Waals surface area contributed by atoms with E-state index < -0.39 is 0 Å². The normalized spacial score (nSPS) is 16.6. The highest BCUT2D eigenvalue weighted by atomic mass is 16.5. The lowest BCUT2D eigenvalue weighted by atomic mass is 10.0. The summed E-state index contributed by atoms with van der Waals surface area (Å²) in [6, 6.07) is 14.8. The molecule has 5 heteroatoms. The van der Waals surface area contributed by atoms with Gasteiger partial charge in [0.25, 0.3) is 0 Å². The minimum absolute atomic E-state index is 0.0111. The molecule has 1 aliphatic heterocycles. The summed E-state index contributed by atoms with van der Waals surface area (Å²) in [5.74, 6) is 0.820. The molecule has 1 fully saturated rings. The van der Waals surface area contributed by atoms with Crippen LogP contribution in [0.1, 0.15) is 41.7 Å². The van der Waals surface area contributed by atoms with Crippen LogP contribution in [-0.2, 0) is 0 Å². The number of methoxy groups -OCH3 is 1. The highest BCUT2D eigenvalue weighted by Crippen LogP contribution is 2.33. The zero-order valence-electron chi connectivity index (χ0n) is 14.5. The third kappa shape index (κ3) is 3.82. The van der Waals surface area contributed by atoms with Crippen molar-refractivity contribution in [1.82, 2.24) is 4.90 Å². The SMILES string of the molecule is COc1ccc(C2CCCN2C(=O)Nc2ccc(C(C)=O)cc2)cc1. The Morgan fingerprint density at radius 3 is 2.36 bits per heavy atom. The van der Waals surface area contributed by atoms with Crippen molar-refractivity contribution in [3.63, 3.8) is 0 Å². The fourth-order valence-electron chi connectivity index (χ4n) is 3.17. The van der Waals surface area contributed by atoms with Gasteiger partial charge in [-0.3, -0.25) is 4.79 Å². The van der Waals surface area contributed by atoms with Crippen molar-refractivity contribution >= 4 is 17.5 Å². The number of anilines is 1. The van der Waals surface area contributed by atoms with Gasteiger partial charge in [-0.1, -0.05) is 12.1 Å². The van der Waals surface area contributed by atoms with Crippen LogP contribution in [0.2, 0.25) is 0 Å². The summed E-state index contributed by atoms with van der Waals surface area (Å²) in [5, 5.41) is 2.92. The number of Topliss-reactive ketones (excluding diaryl/α,β-unsaturated/α-hetero) is 1. The standard InChI is InChI=1S/C20H22N2O3/c1-14(23)15-5-9-17(10-6-15)21-20(24)22-13-3-4-19(22)16-7-11-18(25-2)12-8-16/h5-12,19H,3-4,13H2,1-2H3,(H,21,24). The predicted molar refractivity (Wildman–Crippen MR) is 97.1 cm³/mol. The van der Waals surface area contributed by atoms with E-state index in [1.165, 1.54) is 6.92 Å². The van der Waals surface area contributed by atoms with Crippen LogP contribution < -0.4 is 10.1 Å². The number of carbonyl (C=O) groups excluding carboxylic acids is 2. The van der Waals surface area contributed by atoms with Crippen LogP contribution in [0, 0.1) is 0 Å². The first-order chi connectivity index (χ1) is 12.1. The summed E-state index contributed by atoms with van der Waals surface area (Å²) < 4.78 is 5.19. The molecule has 3 rings (SSSR count). The summed E-state index contributed by atoms with van der Waals surface area (Å²) in [5.41, 5.74) is 2.44. The fraction of sp³-hybridized carbons (Fsp3) is 0.300. The number of carbonyl (C=O) groups is 2. The third-order valence-corrected chi connectivity index (χ3v) is 4.56. The smallest absolute Gasteiger partial charge is 0.322 e. The van der Waals surface area contributed by atoms with Gasteiger partial charge in [0.05, 0.1) is 13.2 Å². The van der Waals surface area contributed by atoms with Gasteiger partial charge in [-0.25, -0.2) is 4.79 Å². The van der Waals surface area contributed by atoms with Crippen molar-refractivity contribution in [2.24, 2.45) is 0 Å². The number of amides is 2. The lowest BCUT2D eigenvalue weighted by Gasteiger charge is -2.25. The molecular formula is C20H22N2O3. The van der Waals surface area contributed by atoms with Gasteiger partial charge in [0.1, 0.15) is 5.75 Å². The number of ether oxygens (including phenoxy) is 1. The summed E-state index contributed by atoms with van der Waals surface area (Å²) in [6.45, 7) is 2.26. The average Bonchev–Trinajstić information content (AvgIpc) is 3.12. The summed E-state index contributed by atoms with van der Waals surface area (Å²) in [4.78, 5) is 25.9. The first-order valence-electron chi connectivity index (χ1n) is 8.41. The number of hydrogen-bond acceptors (Lipinski definition) is 3. The van der Waals surface area contributed by atoms with Crippen molar-refractivity contribution in [3.8, 4) is 5.75 Å². The number of likely N-dealkylation sites (tertiary alicyclic amines) is 1. The number of nitrogens with zero attached hydrogens (tertiary/aromatic N) is 1. The van der Waals surface area contributed by atoms with E-state index in [-0.39, 0.29) is 17.9 Å². The Balaban J connectivity index is 1.70. The molecule has 5 nitrogen and oxygen atoms in total. The Morgan fingerprint density at radius 2 is 1.76 bits per heavy atom. The number of hydrogen-bond donors (Lipinski definition) is 1. The highest BCUT2D eigenvalue weighted by Gasteiger charge is 2.30. The molecule has 0 aliphatic carbocycles. The lowest BCUT2D eigenvalue weighted by Crippen LogP contribution is -2.34. The first-order valence-corrected chi connectivity index (χ1v) is 8.41. The Bertz CT molecular complexity index is 754. The van der Waals surface area contributed by atoms with E-state index >= 15 is 0 Å². The number of benzene rings is 2. The monoisotopic (exact) mass is 338 g/mol. The van der Waals surface area contributed by atoms with Crippen LogP contribution in [0.15, 0.2) is 48.5 Å². The fourth-order valence-corrected chi connectivity index (χ4v) is 3.17. The zero-order valence-corrected chi connectivity index (χ0v) is 14.5. The van der Waals surface area contributed by atoms with Gasteiger partial charge in [-0.15, -0.1) is 0 Å². The molecule has 0 saturated carbocycles. The van der Waals surface area contributed by atoms with E-state index in [0.29, 0.717) is 11.3 Å². The van der Waals surface area contributed by atoms with E-state index in [2.05, 4.69) is 5.32 Å². The molecule has 1 aliphatic rings. The maximum Gasteiger partial charge on any atom is 0.322 e. The number of nitrogens with one attached hydrogen (secondary N) is 1. The Kier molecular flexibility index (Phi) is 5.03. The number of rotatable bonds is 4. The molecule has 1 saturated heterocycles. The molecule has 1 heterocycles. The Morgan fingerprint density at radius 1 is 1.08 bits per heavy atom. The molecule has 0 bridgehead atoms. The van der Waals surface area contributed by atoms with E-state index in [9.17, 15) is 9.59 Å². The van der Waals surface area contributed by atoms with Crippen LogP contribution in [0.5, 0.6) is 5.75 Å². The van der Waals surface area contributed by atoms with Crippen LogP contribution >= 0.6 is 0 Å². The zero-order chi connectivity index (χ0) is 17.8. The topological polar surface area (TPSA) is 58.6 Å². The Hall–Kier alpha value is -2.82. The summed E-state index contributed by atoms with van der Waals surface area (Å²) >= 11 is 0. The second-order valence-electron chi connectivity index (χ2n) is 6.19. The molecule has 0 aromatic heterocycles. The second-order valence-corrected chi connectivity index (χ2v) is 6.19. The van der Waals surface area contributed by atoms with E-state index in [1.807, 2.05) is 29.2 Å². The Labute approximate surface area is 147 Å². The van der Waals surface area contributed by atoms with Crippen LogP contribution in [-0.4, -0.2) is 30.4 Å². The van der Waals surface area contributed by atoms with E-state index in [0.717, 1.165) is 30.7 Å². The van der Waals surface area contributed by atoms with Gasteiger partial charge in [0.2, 0.25) is 0 Å². The summed E-state index contributed by atoms with van der Waals surface area (Å²) in [7, 11) is 1.64. The average molecular weight is 338 g/mol. The molecule has 0 spiro atoms. The lowest BCUT2D eigenvalue weighted by molar-refractivity contribution is 0.101. The molecule has 0 radical (unpaired) electrons. The largest absolute Gasteiger partial charge is 0.497 e. The summed E-state index contributed by atoms with van der Waals surface area (Å²) in [6.07, 6.45) is 1.93. The van der Waals surface area contributed by atoms with Gasteiger partial charge in [-0.05, 0) is 61.7 Å². The molecule has 1 N–H and O–H groups in total. The molecule has 1 unspecified atom stereocenters. The van der Waals surface area contributed by atoms with Gasteiger partial charge in [0, 0.05) is 17.8 Å². The maximum absolute atomic E-state index is 12.7. The highest BCUT2D eigenvalue weighted by molar-refractivity contribution is 5.95. The van der Waals surface area contributed by atoms with E-state index in [1.54, 1.807) is 31.4 Å². The quantitative estimate of drug-likeness (QED) is 0.847. The van der Waals surface area contributed by atoms with Gasteiger partial charge in [-0.2, -0.15) is 0 Å². The molecule has 1 atom stereocenters. The van der Waals surface area contributed by atoms with Crippen molar-refractivity contribution in [2.75, 3.05) is 19.0 Å². The van der Waals surface area contributed by atoms with Crippen molar-refractivity contribution in [1.29, 1.82) is 0 Å². The third-order valence-electron chi connectivity index (χ3n) is 4.56. The predicted octanol–water partition coefficient (Wildman–Crippen LogP) is 4.27. The van der Waals surface area contributed by atoms with Crippen LogP contribution in [0.25, 0.3) is 0 Å². The van der Waals surface area contributed by atoms with Crippen LogP contribution in [0.4, 0.5) is 10.5 Å². The number of urea groups is 1. The molecule has 2 aromatic carbocycles. The van der Waals surface area contributed by atoms with Crippen LogP contribution in [0.3, 0.4) is 0 Å².